The minimum Gasteiger partial charge on any atom is -0.465 e. The third-order valence-electron chi connectivity index (χ3n) is 3.88. The lowest BCUT2D eigenvalue weighted by molar-refractivity contribution is -0.119. The van der Waals surface area contributed by atoms with Crippen molar-refractivity contribution in [1.29, 1.82) is 0 Å². The summed E-state index contributed by atoms with van der Waals surface area (Å²) in [6.45, 7) is 6.65. The van der Waals surface area contributed by atoms with Crippen molar-refractivity contribution in [3.63, 3.8) is 0 Å². The predicted octanol–water partition coefficient (Wildman–Crippen LogP) is 3.00. The second kappa shape index (κ2) is 8.48. The number of hydrogen-bond donors (Lipinski definition) is 1. The summed E-state index contributed by atoms with van der Waals surface area (Å²) in [4.78, 5) is 36.1. The minimum atomic E-state index is -0.673. The summed E-state index contributed by atoms with van der Waals surface area (Å²) in [5.74, 6) is -1.35. The van der Waals surface area contributed by atoms with Crippen molar-refractivity contribution in [3.8, 4) is 0 Å². The molecule has 144 valence electrons. The van der Waals surface area contributed by atoms with Crippen molar-refractivity contribution < 1.29 is 28.4 Å². The zero-order chi connectivity index (χ0) is 20.1. The Morgan fingerprint density at radius 3 is 2.52 bits per heavy atom. The van der Waals surface area contributed by atoms with Gasteiger partial charge in [-0.3, -0.25) is 4.79 Å². The molecule has 1 N–H and O–H groups in total. The molecular formula is C19H22N2O6. The molecule has 1 aromatic heterocycles. The number of esters is 2. The molecule has 0 bridgehead atoms. The maximum atomic E-state index is 12.3. The van der Waals surface area contributed by atoms with Crippen LogP contribution < -0.4 is 5.32 Å². The molecule has 0 aliphatic heterocycles. The lowest BCUT2D eigenvalue weighted by Gasteiger charge is -2.11. The van der Waals surface area contributed by atoms with Crippen LogP contribution in [0.15, 0.2) is 22.7 Å². The Labute approximate surface area is 156 Å². The lowest BCUT2D eigenvalue weighted by atomic mass is 10.1. The first kappa shape index (κ1) is 20.2. The molecule has 8 nitrogen and oxygen atoms in total. The number of rotatable bonds is 6. The van der Waals surface area contributed by atoms with Gasteiger partial charge in [-0.15, -0.1) is 0 Å². The maximum Gasteiger partial charge on any atom is 0.344 e. The van der Waals surface area contributed by atoms with Gasteiger partial charge < -0.3 is 19.3 Å². The Kier molecular flexibility index (Phi) is 6.33. The van der Waals surface area contributed by atoms with Crippen LogP contribution in [0.3, 0.4) is 0 Å². The number of amides is 1. The fourth-order valence-corrected chi connectivity index (χ4v) is 2.42. The molecule has 0 unspecified atom stereocenters. The number of methoxy groups -OCH3 is 1. The summed E-state index contributed by atoms with van der Waals surface area (Å²) in [5.41, 5.74) is 2.13. The van der Waals surface area contributed by atoms with E-state index in [2.05, 4.69) is 15.2 Å². The molecule has 0 saturated heterocycles. The number of aryl methyl sites for hydroxylation is 2. The number of ether oxygens (including phenoxy) is 2. The highest BCUT2D eigenvalue weighted by atomic mass is 16.5. The molecule has 0 saturated carbocycles. The van der Waals surface area contributed by atoms with E-state index in [4.69, 9.17) is 9.26 Å². The number of nitrogens with one attached hydrogen (secondary N) is 1. The Morgan fingerprint density at radius 2 is 1.89 bits per heavy atom. The molecule has 0 spiro atoms. The fourth-order valence-electron chi connectivity index (χ4n) is 2.42. The number of benzene rings is 1. The van der Waals surface area contributed by atoms with Crippen molar-refractivity contribution >= 4 is 23.5 Å². The van der Waals surface area contributed by atoms with Crippen LogP contribution in [0.1, 0.15) is 57.5 Å². The molecule has 2 aromatic rings. The zero-order valence-electron chi connectivity index (χ0n) is 15.9. The third kappa shape index (κ3) is 4.72. The van der Waals surface area contributed by atoms with Crippen molar-refractivity contribution in [2.75, 3.05) is 19.0 Å². The van der Waals surface area contributed by atoms with Crippen LogP contribution in [0.2, 0.25) is 0 Å². The Hall–Kier alpha value is -3.16. The van der Waals surface area contributed by atoms with Gasteiger partial charge in [0.15, 0.2) is 12.4 Å². The van der Waals surface area contributed by atoms with Crippen molar-refractivity contribution in [2.24, 2.45) is 0 Å². The first-order valence-corrected chi connectivity index (χ1v) is 8.36. The van der Waals surface area contributed by atoms with E-state index in [0.29, 0.717) is 22.7 Å². The van der Waals surface area contributed by atoms with Crippen LogP contribution in [0.25, 0.3) is 0 Å². The summed E-state index contributed by atoms with van der Waals surface area (Å²) in [7, 11) is 1.28. The fraction of sp³-hybridized carbons (Fsp3) is 0.368. The highest BCUT2D eigenvalue weighted by molar-refractivity contribution is 5.98. The molecular weight excluding hydrogens is 352 g/mol. The molecule has 0 radical (unpaired) electrons. The highest BCUT2D eigenvalue weighted by Crippen LogP contribution is 2.23. The van der Waals surface area contributed by atoms with Crippen LogP contribution in [-0.4, -0.2) is 36.7 Å². The Morgan fingerprint density at radius 1 is 1.19 bits per heavy atom. The molecule has 2 rings (SSSR count). The van der Waals surface area contributed by atoms with Crippen molar-refractivity contribution in [1.82, 2.24) is 5.16 Å². The largest absolute Gasteiger partial charge is 0.465 e. The molecule has 1 amide bonds. The van der Waals surface area contributed by atoms with E-state index in [9.17, 15) is 14.4 Å². The molecule has 27 heavy (non-hydrogen) atoms. The number of anilines is 1. The molecule has 1 heterocycles. The number of hydrogen-bond acceptors (Lipinski definition) is 7. The van der Waals surface area contributed by atoms with Gasteiger partial charge in [-0.1, -0.05) is 25.1 Å². The second-order valence-electron chi connectivity index (χ2n) is 6.31. The van der Waals surface area contributed by atoms with Crippen molar-refractivity contribution in [2.45, 2.75) is 33.6 Å². The van der Waals surface area contributed by atoms with Crippen LogP contribution in [0.4, 0.5) is 5.69 Å². The van der Waals surface area contributed by atoms with E-state index >= 15 is 0 Å². The summed E-state index contributed by atoms with van der Waals surface area (Å²) in [5, 5.41) is 6.40. The Bertz CT molecular complexity index is 869. The van der Waals surface area contributed by atoms with Crippen LogP contribution >= 0.6 is 0 Å². The number of aromatic nitrogens is 1. The first-order chi connectivity index (χ1) is 12.7. The van der Waals surface area contributed by atoms with Gasteiger partial charge in [0.05, 0.1) is 18.4 Å². The Balaban J connectivity index is 2.04. The predicted molar refractivity (Wildman–Crippen MR) is 96.8 cm³/mol. The molecule has 8 heteroatoms. The van der Waals surface area contributed by atoms with E-state index in [0.717, 1.165) is 5.56 Å². The summed E-state index contributed by atoms with van der Waals surface area (Å²) >= 11 is 0. The maximum absolute atomic E-state index is 12.3. The molecule has 0 aliphatic carbocycles. The normalized spacial score (nSPS) is 10.6. The van der Waals surface area contributed by atoms with Crippen LogP contribution in [0.5, 0.6) is 0 Å². The van der Waals surface area contributed by atoms with Gasteiger partial charge in [0.2, 0.25) is 0 Å². The van der Waals surface area contributed by atoms with Crippen LogP contribution in [-0.2, 0) is 14.3 Å². The summed E-state index contributed by atoms with van der Waals surface area (Å²) < 4.78 is 14.9. The van der Waals surface area contributed by atoms with Gasteiger partial charge in [-0.2, -0.15) is 0 Å². The topological polar surface area (TPSA) is 108 Å². The highest BCUT2D eigenvalue weighted by Gasteiger charge is 2.24. The van der Waals surface area contributed by atoms with Crippen molar-refractivity contribution in [3.05, 3.63) is 46.3 Å². The molecule has 0 atom stereocenters. The number of carbonyl (C=O) groups excluding carboxylic acids is 3. The van der Waals surface area contributed by atoms with E-state index in [1.54, 1.807) is 26.0 Å². The third-order valence-corrected chi connectivity index (χ3v) is 3.88. The monoisotopic (exact) mass is 374 g/mol. The average molecular weight is 374 g/mol. The minimum absolute atomic E-state index is 0.0497. The second-order valence-corrected chi connectivity index (χ2v) is 6.31. The van der Waals surface area contributed by atoms with E-state index in [-0.39, 0.29) is 11.5 Å². The molecule has 0 aliphatic rings. The summed E-state index contributed by atoms with van der Waals surface area (Å²) in [6, 6.07) is 4.78. The van der Waals surface area contributed by atoms with E-state index < -0.39 is 24.5 Å². The molecule has 1 aromatic carbocycles. The number of carbonyl (C=O) groups is 3. The van der Waals surface area contributed by atoms with Gasteiger partial charge >= 0.3 is 11.9 Å². The van der Waals surface area contributed by atoms with Gasteiger partial charge in [0.25, 0.3) is 5.91 Å². The van der Waals surface area contributed by atoms with Crippen LogP contribution in [0, 0.1) is 13.8 Å². The van der Waals surface area contributed by atoms with Gasteiger partial charge in [-0.25, -0.2) is 9.59 Å². The smallest absolute Gasteiger partial charge is 0.344 e. The van der Waals surface area contributed by atoms with Gasteiger partial charge in [0.1, 0.15) is 5.56 Å². The summed E-state index contributed by atoms with van der Waals surface area (Å²) in [6.07, 6.45) is 0. The average Bonchev–Trinajstić information content (AvgIpc) is 3.02. The lowest BCUT2D eigenvalue weighted by Crippen LogP contribution is -2.22. The standard InChI is InChI=1S/C19H22N2O6/c1-10(2)17-16(12(4)21-27-17)19(24)26-9-15(22)20-14-8-13(18(23)25-5)7-6-11(14)3/h6-8,10H,9H2,1-5H3,(H,20,22). The SMILES string of the molecule is COC(=O)c1ccc(C)c(NC(=O)COC(=O)c2c(C)noc2C(C)C)c1. The molecule has 0 fully saturated rings. The van der Waals surface area contributed by atoms with E-state index in [1.165, 1.54) is 13.2 Å². The van der Waals surface area contributed by atoms with E-state index in [1.807, 2.05) is 13.8 Å². The first-order valence-electron chi connectivity index (χ1n) is 8.36. The quantitative estimate of drug-likeness (QED) is 0.774. The van der Waals surface area contributed by atoms with Gasteiger partial charge in [-0.05, 0) is 31.5 Å². The van der Waals surface area contributed by atoms with Gasteiger partial charge in [0, 0.05) is 11.6 Å². The zero-order valence-corrected chi connectivity index (χ0v) is 15.9. The number of nitrogens with zero attached hydrogens (tertiary/aromatic N) is 1.